The van der Waals surface area contributed by atoms with Crippen LogP contribution < -0.4 is 5.73 Å². The fourth-order valence-corrected chi connectivity index (χ4v) is 2.11. The summed E-state index contributed by atoms with van der Waals surface area (Å²) in [6.45, 7) is 1.05. The molecule has 2 rings (SSSR count). The topological polar surface area (TPSA) is 46.3 Å². The number of hydrogen-bond donors (Lipinski definition) is 1. The highest BCUT2D eigenvalue weighted by Gasteiger charge is 2.31. The van der Waals surface area contributed by atoms with E-state index in [9.17, 15) is 9.18 Å². The van der Waals surface area contributed by atoms with Crippen LogP contribution in [0.4, 0.5) is 4.39 Å². The van der Waals surface area contributed by atoms with Crippen molar-refractivity contribution in [2.45, 2.75) is 31.7 Å². The van der Waals surface area contributed by atoms with Gasteiger partial charge in [-0.1, -0.05) is 12.1 Å². The molecule has 0 unspecified atom stereocenters. The molecule has 4 heteroatoms. The van der Waals surface area contributed by atoms with Gasteiger partial charge in [-0.15, -0.1) is 0 Å². The molecular formula is C14H19FN2O. The molecule has 0 heterocycles. The molecule has 1 aromatic carbocycles. The third kappa shape index (κ3) is 3.53. The van der Waals surface area contributed by atoms with Crippen LogP contribution in [0.2, 0.25) is 0 Å². The summed E-state index contributed by atoms with van der Waals surface area (Å²) < 4.78 is 13.0. The molecule has 1 aliphatic carbocycles. The fourth-order valence-electron chi connectivity index (χ4n) is 2.11. The molecule has 1 aliphatic rings. The molecule has 1 aromatic rings. The van der Waals surface area contributed by atoms with Crippen LogP contribution in [0.15, 0.2) is 24.3 Å². The zero-order valence-corrected chi connectivity index (χ0v) is 10.4. The fraction of sp³-hybridized carbons (Fsp3) is 0.500. The van der Waals surface area contributed by atoms with Crippen molar-refractivity contribution in [2.24, 2.45) is 5.73 Å². The van der Waals surface area contributed by atoms with E-state index < -0.39 is 0 Å². The predicted octanol–water partition coefficient (Wildman–Crippen LogP) is 1.71. The minimum atomic E-state index is -0.223. The second-order valence-electron chi connectivity index (χ2n) is 4.74. The number of amides is 1. The number of nitrogens with zero attached hydrogens (tertiary/aromatic N) is 1. The maximum absolute atomic E-state index is 13.0. The highest BCUT2D eigenvalue weighted by molar-refractivity contribution is 5.77. The normalized spacial score (nSPS) is 14.6. The molecule has 0 aliphatic heterocycles. The zero-order chi connectivity index (χ0) is 13.0. The third-order valence-corrected chi connectivity index (χ3v) is 3.20. The van der Waals surface area contributed by atoms with Gasteiger partial charge in [-0.25, -0.2) is 4.39 Å². The lowest BCUT2D eigenvalue weighted by molar-refractivity contribution is -0.131. The van der Waals surface area contributed by atoms with Gasteiger partial charge in [-0.3, -0.25) is 4.79 Å². The summed E-state index contributed by atoms with van der Waals surface area (Å²) in [5.41, 5.74) is 6.35. The second kappa shape index (κ2) is 5.96. The molecule has 3 nitrogen and oxygen atoms in total. The molecule has 1 fully saturated rings. The Hall–Kier alpha value is -1.42. The van der Waals surface area contributed by atoms with Crippen LogP contribution in [0.25, 0.3) is 0 Å². The monoisotopic (exact) mass is 250 g/mol. The zero-order valence-electron chi connectivity index (χ0n) is 10.4. The molecule has 0 saturated heterocycles. The molecule has 0 radical (unpaired) electrons. The number of hydrogen-bond acceptors (Lipinski definition) is 2. The van der Waals surface area contributed by atoms with Crippen molar-refractivity contribution in [1.29, 1.82) is 0 Å². The van der Waals surface area contributed by atoms with Gasteiger partial charge in [0.25, 0.3) is 0 Å². The van der Waals surface area contributed by atoms with Gasteiger partial charge in [0.15, 0.2) is 0 Å². The van der Waals surface area contributed by atoms with Crippen LogP contribution >= 0.6 is 0 Å². The Morgan fingerprint density at radius 3 is 2.83 bits per heavy atom. The molecule has 1 saturated carbocycles. The van der Waals surface area contributed by atoms with Crippen LogP contribution in [0.3, 0.4) is 0 Å². The van der Waals surface area contributed by atoms with Crippen molar-refractivity contribution in [1.82, 2.24) is 4.90 Å². The predicted molar refractivity (Wildman–Crippen MR) is 68.5 cm³/mol. The van der Waals surface area contributed by atoms with E-state index in [1.54, 1.807) is 6.07 Å². The smallest absolute Gasteiger partial charge is 0.224 e. The first-order valence-electron chi connectivity index (χ1n) is 6.44. The number of benzene rings is 1. The van der Waals surface area contributed by atoms with E-state index in [0.29, 0.717) is 32.0 Å². The lowest BCUT2D eigenvalue weighted by atomic mass is 10.1. The highest BCUT2D eigenvalue weighted by Crippen LogP contribution is 2.27. The lowest BCUT2D eigenvalue weighted by Crippen LogP contribution is -2.35. The summed E-state index contributed by atoms with van der Waals surface area (Å²) in [6, 6.07) is 6.94. The first-order valence-corrected chi connectivity index (χ1v) is 6.44. The molecule has 1 amide bonds. The summed E-state index contributed by atoms with van der Waals surface area (Å²) in [7, 11) is 0. The molecule has 0 atom stereocenters. The maximum Gasteiger partial charge on any atom is 0.224 e. The van der Waals surface area contributed by atoms with Crippen LogP contribution in [0, 0.1) is 5.82 Å². The molecular weight excluding hydrogens is 231 g/mol. The SMILES string of the molecule is NCCC(=O)N(CCc1cccc(F)c1)C1CC1. The van der Waals surface area contributed by atoms with Gasteiger partial charge >= 0.3 is 0 Å². The first-order chi connectivity index (χ1) is 8.70. The van der Waals surface area contributed by atoms with E-state index in [-0.39, 0.29) is 11.7 Å². The number of carbonyl (C=O) groups is 1. The van der Waals surface area contributed by atoms with Gasteiger partial charge in [-0.2, -0.15) is 0 Å². The Morgan fingerprint density at radius 1 is 1.44 bits per heavy atom. The highest BCUT2D eigenvalue weighted by atomic mass is 19.1. The minimum Gasteiger partial charge on any atom is -0.339 e. The summed E-state index contributed by atoms with van der Waals surface area (Å²) in [5.74, 6) is -0.102. The Labute approximate surface area is 107 Å². The molecule has 2 N–H and O–H groups in total. The van der Waals surface area contributed by atoms with Gasteiger partial charge in [0.1, 0.15) is 5.82 Å². The van der Waals surface area contributed by atoms with Crippen LogP contribution in [-0.2, 0) is 11.2 Å². The quantitative estimate of drug-likeness (QED) is 0.835. The summed E-state index contributed by atoms with van der Waals surface area (Å²) >= 11 is 0. The Kier molecular flexibility index (Phi) is 4.31. The van der Waals surface area contributed by atoms with Gasteiger partial charge in [0.2, 0.25) is 5.91 Å². The standard InChI is InChI=1S/C14H19FN2O/c15-12-3-1-2-11(10-12)7-9-17(13-4-5-13)14(18)6-8-16/h1-3,10,13H,4-9,16H2. The number of rotatable bonds is 6. The molecule has 0 aromatic heterocycles. The van der Waals surface area contributed by atoms with Crippen molar-refractivity contribution < 1.29 is 9.18 Å². The van der Waals surface area contributed by atoms with Crippen molar-refractivity contribution in [3.05, 3.63) is 35.6 Å². The Morgan fingerprint density at radius 2 is 2.22 bits per heavy atom. The summed E-state index contributed by atoms with van der Waals surface area (Å²) in [6.07, 6.45) is 3.27. The number of nitrogens with two attached hydrogens (primary N) is 1. The summed E-state index contributed by atoms with van der Waals surface area (Å²) in [4.78, 5) is 13.8. The largest absolute Gasteiger partial charge is 0.339 e. The minimum absolute atomic E-state index is 0.122. The Balaban J connectivity index is 1.91. The van der Waals surface area contributed by atoms with Crippen LogP contribution in [-0.4, -0.2) is 29.9 Å². The molecule has 0 bridgehead atoms. The van der Waals surface area contributed by atoms with E-state index in [4.69, 9.17) is 5.73 Å². The van der Waals surface area contributed by atoms with Crippen LogP contribution in [0.1, 0.15) is 24.8 Å². The van der Waals surface area contributed by atoms with E-state index in [1.165, 1.54) is 12.1 Å². The van der Waals surface area contributed by atoms with E-state index in [2.05, 4.69) is 0 Å². The molecule has 98 valence electrons. The lowest BCUT2D eigenvalue weighted by Gasteiger charge is -2.22. The third-order valence-electron chi connectivity index (χ3n) is 3.20. The van der Waals surface area contributed by atoms with Crippen molar-refractivity contribution in [3.8, 4) is 0 Å². The average molecular weight is 250 g/mol. The van der Waals surface area contributed by atoms with Crippen molar-refractivity contribution >= 4 is 5.91 Å². The molecule has 0 spiro atoms. The van der Waals surface area contributed by atoms with E-state index in [1.807, 2.05) is 11.0 Å². The van der Waals surface area contributed by atoms with E-state index >= 15 is 0 Å². The first kappa shape index (κ1) is 13.0. The van der Waals surface area contributed by atoms with Crippen molar-refractivity contribution in [3.63, 3.8) is 0 Å². The van der Waals surface area contributed by atoms with E-state index in [0.717, 1.165) is 18.4 Å². The molecule has 18 heavy (non-hydrogen) atoms. The van der Waals surface area contributed by atoms with Gasteiger partial charge in [-0.05, 0) is 37.0 Å². The average Bonchev–Trinajstić information content (AvgIpc) is 3.14. The summed E-state index contributed by atoms with van der Waals surface area (Å²) in [5, 5.41) is 0. The Bertz CT molecular complexity index is 418. The van der Waals surface area contributed by atoms with Crippen molar-refractivity contribution in [2.75, 3.05) is 13.1 Å². The van der Waals surface area contributed by atoms with Gasteiger partial charge in [0, 0.05) is 25.6 Å². The van der Waals surface area contributed by atoms with Crippen LogP contribution in [0.5, 0.6) is 0 Å². The van der Waals surface area contributed by atoms with Gasteiger partial charge < -0.3 is 10.6 Å². The second-order valence-corrected chi connectivity index (χ2v) is 4.74. The van der Waals surface area contributed by atoms with Gasteiger partial charge in [0.05, 0.1) is 0 Å². The maximum atomic E-state index is 13.0. The number of halogens is 1. The number of carbonyl (C=O) groups excluding carboxylic acids is 1.